The van der Waals surface area contributed by atoms with Crippen molar-refractivity contribution in [3.8, 4) is 0 Å². The van der Waals surface area contributed by atoms with Gasteiger partial charge in [-0.15, -0.1) is 0 Å². The van der Waals surface area contributed by atoms with Crippen molar-refractivity contribution < 1.29 is 17.6 Å². The van der Waals surface area contributed by atoms with Gasteiger partial charge in [0.25, 0.3) is 10.0 Å². The first-order chi connectivity index (χ1) is 12.6. The van der Waals surface area contributed by atoms with E-state index in [-0.39, 0.29) is 35.1 Å². The van der Waals surface area contributed by atoms with Crippen molar-refractivity contribution in [3.63, 3.8) is 0 Å². The molecule has 0 atom stereocenters. The number of amides is 1. The predicted molar refractivity (Wildman–Crippen MR) is 104 cm³/mol. The molecule has 0 saturated heterocycles. The number of carbonyl (C=O) groups is 1. The SMILES string of the molecule is CC(C)N(C(=O)CN(c1ccc(F)cc1)S(=O)(=O)c1ccccc1)C(C)C. The number of hydrogen-bond donors (Lipinski definition) is 0. The minimum absolute atomic E-state index is 0.0720. The van der Waals surface area contributed by atoms with Crippen LogP contribution in [0.5, 0.6) is 0 Å². The Bertz CT molecular complexity index is 858. The summed E-state index contributed by atoms with van der Waals surface area (Å²) in [4.78, 5) is 14.6. The quantitative estimate of drug-likeness (QED) is 0.722. The lowest BCUT2D eigenvalue weighted by atomic mass is 10.2. The molecule has 0 heterocycles. The molecule has 0 spiro atoms. The second-order valence-corrected chi connectivity index (χ2v) is 8.65. The van der Waals surface area contributed by atoms with Gasteiger partial charge in [-0.05, 0) is 64.1 Å². The predicted octanol–water partition coefficient (Wildman–Crippen LogP) is 3.67. The summed E-state index contributed by atoms with van der Waals surface area (Å²) in [6.45, 7) is 7.16. The summed E-state index contributed by atoms with van der Waals surface area (Å²) in [5.74, 6) is -0.794. The molecule has 0 saturated carbocycles. The van der Waals surface area contributed by atoms with Crippen molar-refractivity contribution in [3.05, 3.63) is 60.4 Å². The number of nitrogens with zero attached hydrogens (tertiary/aromatic N) is 2. The highest BCUT2D eigenvalue weighted by atomic mass is 32.2. The molecule has 0 radical (unpaired) electrons. The van der Waals surface area contributed by atoms with E-state index in [0.717, 1.165) is 4.31 Å². The Morgan fingerprint density at radius 1 is 0.926 bits per heavy atom. The van der Waals surface area contributed by atoms with Gasteiger partial charge in [0, 0.05) is 12.1 Å². The summed E-state index contributed by atoms with van der Waals surface area (Å²) in [6, 6.07) is 12.8. The van der Waals surface area contributed by atoms with Gasteiger partial charge in [-0.3, -0.25) is 9.10 Å². The van der Waals surface area contributed by atoms with E-state index in [1.807, 2.05) is 27.7 Å². The Labute approximate surface area is 160 Å². The van der Waals surface area contributed by atoms with Crippen LogP contribution >= 0.6 is 0 Å². The standard InChI is InChI=1S/C20H25FN2O3S/c1-15(2)23(16(3)4)20(24)14-22(18-12-10-17(21)11-13-18)27(25,26)19-8-6-5-7-9-19/h5-13,15-16H,14H2,1-4H3. The van der Waals surface area contributed by atoms with Gasteiger partial charge in [0.2, 0.25) is 5.91 Å². The monoisotopic (exact) mass is 392 g/mol. The van der Waals surface area contributed by atoms with Gasteiger partial charge >= 0.3 is 0 Å². The fraction of sp³-hybridized carbons (Fsp3) is 0.350. The van der Waals surface area contributed by atoms with Gasteiger partial charge < -0.3 is 4.90 Å². The fourth-order valence-corrected chi connectivity index (χ4v) is 4.45. The highest BCUT2D eigenvalue weighted by molar-refractivity contribution is 7.92. The Morgan fingerprint density at radius 3 is 1.93 bits per heavy atom. The van der Waals surface area contributed by atoms with Crippen molar-refractivity contribution in [1.29, 1.82) is 0 Å². The van der Waals surface area contributed by atoms with Crippen molar-refractivity contribution in [2.75, 3.05) is 10.8 Å². The van der Waals surface area contributed by atoms with E-state index in [1.165, 1.54) is 36.4 Å². The van der Waals surface area contributed by atoms with Gasteiger partial charge in [0.15, 0.2) is 0 Å². The minimum Gasteiger partial charge on any atom is -0.336 e. The Morgan fingerprint density at radius 2 is 1.44 bits per heavy atom. The molecule has 0 N–H and O–H groups in total. The molecular weight excluding hydrogens is 367 g/mol. The molecule has 7 heteroatoms. The average Bonchev–Trinajstić information content (AvgIpc) is 2.60. The smallest absolute Gasteiger partial charge is 0.264 e. The maximum atomic E-state index is 13.3. The average molecular weight is 392 g/mol. The maximum Gasteiger partial charge on any atom is 0.264 e. The van der Waals surface area contributed by atoms with Crippen LogP contribution in [0.25, 0.3) is 0 Å². The zero-order valence-electron chi connectivity index (χ0n) is 16.0. The number of benzene rings is 2. The van der Waals surface area contributed by atoms with Crippen LogP contribution in [0.3, 0.4) is 0 Å². The van der Waals surface area contributed by atoms with Crippen LogP contribution in [0.2, 0.25) is 0 Å². The van der Waals surface area contributed by atoms with Crippen LogP contribution < -0.4 is 4.31 Å². The summed E-state index contributed by atoms with van der Waals surface area (Å²) >= 11 is 0. The molecule has 2 rings (SSSR count). The molecule has 0 aliphatic heterocycles. The van der Waals surface area contributed by atoms with Crippen LogP contribution in [0.15, 0.2) is 59.5 Å². The number of carbonyl (C=O) groups excluding carboxylic acids is 1. The lowest BCUT2D eigenvalue weighted by molar-refractivity contribution is -0.133. The van der Waals surface area contributed by atoms with Crippen LogP contribution in [-0.4, -0.2) is 37.9 Å². The second kappa shape index (κ2) is 8.52. The number of anilines is 1. The lowest BCUT2D eigenvalue weighted by Gasteiger charge is -2.33. The topological polar surface area (TPSA) is 57.7 Å². The summed E-state index contributed by atoms with van der Waals surface area (Å²) in [5, 5.41) is 0. The highest BCUT2D eigenvalue weighted by Crippen LogP contribution is 2.24. The Hall–Kier alpha value is -2.41. The van der Waals surface area contributed by atoms with Gasteiger partial charge in [-0.1, -0.05) is 18.2 Å². The first-order valence-electron chi connectivity index (χ1n) is 8.79. The number of halogens is 1. The van der Waals surface area contributed by atoms with Gasteiger partial charge in [0.05, 0.1) is 10.6 Å². The van der Waals surface area contributed by atoms with E-state index in [2.05, 4.69) is 0 Å². The van der Waals surface area contributed by atoms with Gasteiger partial charge in [0.1, 0.15) is 12.4 Å². The van der Waals surface area contributed by atoms with Crippen molar-refractivity contribution in [2.24, 2.45) is 0 Å². The second-order valence-electron chi connectivity index (χ2n) is 6.79. The third-order valence-electron chi connectivity index (χ3n) is 4.13. The normalized spacial score (nSPS) is 11.7. The molecule has 5 nitrogen and oxygen atoms in total. The molecule has 0 aliphatic carbocycles. The maximum absolute atomic E-state index is 13.3. The lowest BCUT2D eigenvalue weighted by Crippen LogP contribution is -2.48. The molecule has 2 aromatic rings. The minimum atomic E-state index is -3.98. The molecule has 146 valence electrons. The van der Waals surface area contributed by atoms with Crippen molar-refractivity contribution in [1.82, 2.24) is 4.90 Å². The zero-order chi connectivity index (χ0) is 20.2. The molecular formula is C20H25FN2O3S. The van der Waals surface area contributed by atoms with Crippen LogP contribution in [0, 0.1) is 5.82 Å². The molecule has 0 fully saturated rings. The van der Waals surface area contributed by atoms with Gasteiger partial charge in [-0.2, -0.15) is 0 Å². The van der Waals surface area contributed by atoms with Crippen molar-refractivity contribution >= 4 is 21.6 Å². The molecule has 0 aromatic heterocycles. The summed E-state index contributed by atoms with van der Waals surface area (Å²) in [5.41, 5.74) is 0.237. The third kappa shape index (κ3) is 4.86. The molecule has 2 aromatic carbocycles. The largest absolute Gasteiger partial charge is 0.336 e. The van der Waals surface area contributed by atoms with E-state index in [0.29, 0.717) is 0 Å². The summed E-state index contributed by atoms with van der Waals surface area (Å²) in [6.07, 6.45) is 0. The van der Waals surface area contributed by atoms with Crippen LogP contribution in [0.4, 0.5) is 10.1 Å². The summed E-state index contributed by atoms with van der Waals surface area (Å²) < 4.78 is 40.7. The molecule has 0 aliphatic rings. The van der Waals surface area contributed by atoms with Gasteiger partial charge in [-0.25, -0.2) is 12.8 Å². The number of hydrogen-bond acceptors (Lipinski definition) is 3. The zero-order valence-corrected chi connectivity index (χ0v) is 16.8. The molecule has 27 heavy (non-hydrogen) atoms. The third-order valence-corrected chi connectivity index (χ3v) is 5.91. The van der Waals surface area contributed by atoms with Crippen LogP contribution in [-0.2, 0) is 14.8 Å². The van der Waals surface area contributed by atoms with E-state index in [9.17, 15) is 17.6 Å². The Kier molecular flexibility index (Phi) is 6.59. The number of rotatable bonds is 7. The Balaban J connectivity index is 2.48. The van der Waals surface area contributed by atoms with Crippen molar-refractivity contribution in [2.45, 2.75) is 44.7 Å². The van der Waals surface area contributed by atoms with E-state index < -0.39 is 15.8 Å². The van der Waals surface area contributed by atoms with E-state index in [1.54, 1.807) is 23.1 Å². The fourth-order valence-electron chi connectivity index (χ4n) is 3.02. The van der Waals surface area contributed by atoms with E-state index in [4.69, 9.17) is 0 Å². The van der Waals surface area contributed by atoms with E-state index >= 15 is 0 Å². The number of sulfonamides is 1. The molecule has 1 amide bonds. The summed E-state index contributed by atoms with van der Waals surface area (Å²) in [7, 11) is -3.98. The first-order valence-corrected chi connectivity index (χ1v) is 10.2. The molecule has 0 unspecified atom stereocenters. The highest BCUT2D eigenvalue weighted by Gasteiger charge is 2.30. The first kappa shape index (κ1) is 20.9. The molecule has 0 bridgehead atoms. The van der Waals surface area contributed by atoms with Crippen LogP contribution in [0.1, 0.15) is 27.7 Å².